The van der Waals surface area contributed by atoms with Crippen molar-refractivity contribution in [2.45, 2.75) is 25.7 Å². The second kappa shape index (κ2) is 6.25. The van der Waals surface area contributed by atoms with Gasteiger partial charge in [0, 0.05) is 0 Å². The summed E-state index contributed by atoms with van der Waals surface area (Å²) in [6.07, 6.45) is 1.85. The number of benzene rings is 3. The molecule has 1 N–H and O–H groups in total. The molecule has 1 aliphatic carbocycles. The highest BCUT2D eigenvalue weighted by atomic mass is 16.5. The van der Waals surface area contributed by atoms with E-state index in [0.29, 0.717) is 12.4 Å². The molecule has 0 fully saturated rings. The van der Waals surface area contributed by atoms with E-state index >= 15 is 0 Å². The molecular formula is C22H20O3. The fraction of sp³-hybridized carbons (Fsp3) is 0.227. The first-order chi connectivity index (χ1) is 12.2. The lowest BCUT2D eigenvalue weighted by Gasteiger charge is -2.19. The predicted octanol–water partition coefficient (Wildman–Crippen LogP) is 4.82. The molecule has 1 aliphatic rings. The van der Waals surface area contributed by atoms with Gasteiger partial charge < -0.3 is 9.84 Å². The van der Waals surface area contributed by atoms with Crippen molar-refractivity contribution in [2.24, 2.45) is 0 Å². The molecule has 3 aromatic rings. The van der Waals surface area contributed by atoms with Gasteiger partial charge in [0.15, 0.2) is 0 Å². The molecule has 3 nitrogen and oxygen atoms in total. The molecule has 0 saturated carbocycles. The summed E-state index contributed by atoms with van der Waals surface area (Å²) in [5.74, 6) is -0.148. The fourth-order valence-electron chi connectivity index (χ4n) is 3.94. The van der Waals surface area contributed by atoms with E-state index in [4.69, 9.17) is 4.74 Å². The number of ether oxygens (including phenoxy) is 1. The fourth-order valence-corrected chi connectivity index (χ4v) is 3.94. The van der Waals surface area contributed by atoms with E-state index in [1.807, 2.05) is 31.2 Å². The van der Waals surface area contributed by atoms with Crippen molar-refractivity contribution in [2.75, 3.05) is 6.61 Å². The highest BCUT2D eigenvalue weighted by Crippen LogP contribution is 2.42. The summed E-state index contributed by atoms with van der Waals surface area (Å²) >= 11 is 0. The van der Waals surface area contributed by atoms with Gasteiger partial charge in [-0.3, -0.25) is 0 Å². The Kier molecular flexibility index (Phi) is 3.92. The van der Waals surface area contributed by atoms with Crippen LogP contribution in [0.5, 0.6) is 5.75 Å². The van der Waals surface area contributed by atoms with Crippen molar-refractivity contribution in [1.82, 2.24) is 0 Å². The molecule has 0 bridgehead atoms. The molecule has 0 aliphatic heterocycles. The number of aromatic carboxylic acids is 1. The van der Waals surface area contributed by atoms with Crippen LogP contribution in [0.1, 0.15) is 39.9 Å². The minimum absolute atomic E-state index is 0.252. The average Bonchev–Trinajstić information content (AvgIpc) is 3.05. The zero-order valence-electron chi connectivity index (χ0n) is 14.2. The van der Waals surface area contributed by atoms with Gasteiger partial charge in [-0.05, 0) is 59.2 Å². The van der Waals surface area contributed by atoms with Gasteiger partial charge in [-0.25, -0.2) is 4.79 Å². The molecule has 25 heavy (non-hydrogen) atoms. The van der Waals surface area contributed by atoms with Gasteiger partial charge in [0.2, 0.25) is 0 Å². The second-order valence-corrected chi connectivity index (χ2v) is 6.50. The SMILES string of the molecule is CCOc1c(C2Cc3ccccc3C2)cc2ccccc2c1C(=O)O. The summed E-state index contributed by atoms with van der Waals surface area (Å²) in [7, 11) is 0. The lowest BCUT2D eigenvalue weighted by Crippen LogP contribution is -2.10. The number of hydrogen-bond donors (Lipinski definition) is 1. The standard InChI is InChI=1S/C22H20O3/c1-2-25-21-19(17-11-14-7-3-4-8-15(14)12-17)13-16-9-5-6-10-18(16)20(21)22(23)24/h3-10,13,17H,2,11-12H2,1H3,(H,23,24). The lowest BCUT2D eigenvalue weighted by molar-refractivity contribution is 0.0694. The van der Waals surface area contributed by atoms with E-state index < -0.39 is 5.97 Å². The molecule has 4 rings (SSSR count). The normalized spacial score (nSPS) is 13.8. The van der Waals surface area contributed by atoms with E-state index in [-0.39, 0.29) is 11.5 Å². The largest absolute Gasteiger partial charge is 0.493 e. The first-order valence-corrected chi connectivity index (χ1v) is 8.67. The van der Waals surface area contributed by atoms with Gasteiger partial charge in [-0.2, -0.15) is 0 Å². The van der Waals surface area contributed by atoms with Crippen molar-refractivity contribution in [3.8, 4) is 5.75 Å². The van der Waals surface area contributed by atoms with Gasteiger partial charge in [0.1, 0.15) is 11.3 Å². The maximum atomic E-state index is 12.0. The monoisotopic (exact) mass is 332 g/mol. The molecule has 0 heterocycles. The first kappa shape index (κ1) is 15.7. The highest BCUT2D eigenvalue weighted by Gasteiger charge is 2.29. The third-order valence-corrected chi connectivity index (χ3v) is 5.02. The Balaban J connectivity index is 1.91. The minimum atomic E-state index is -0.933. The average molecular weight is 332 g/mol. The van der Waals surface area contributed by atoms with Gasteiger partial charge >= 0.3 is 5.97 Å². The van der Waals surface area contributed by atoms with Crippen LogP contribution in [0.15, 0.2) is 54.6 Å². The van der Waals surface area contributed by atoms with Gasteiger partial charge in [0.05, 0.1) is 6.61 Å². The molecule has 0 unspecified atom stereocenters. The topological polar surface area (TPSA) is 46.5 Å². The summed E-state index contributed by atoms with van der Waals surface area (Å²) in [4.78, 5) is 12.0. The summed E-state index contributed by atoms with van der Waals surface area (Å²) in [5.41, 5.74) is 3.99. The van der Waals surface area contributed by atoms with Crippen LogP contribution < -0.4 is 4.74 Å². The van der Waals surface area contributed by atoms with Gasteiger partial charge in [-0.15, -0.1) is 0 Å². The first-order valence-electron chi connectivity index (χ1n) is 8.67. The summed E-state index contributed by atoms with van der Waals surface area (Å²) in [6.45, 7) is 2.35. The van der Waals surface area contributed by atoms with E-state index in [2.05, 4.69) is 30.3 Å². The third-order valence-electron chi connectivity index (χ3n) is 5.02. The molecule has 0 atom stereocenters. The van der Waals surface area contributed by atoms with Crippen molar-refractivity contribution in [3.63, 3.8) is 0 Å². The van der Waals surface area contributed by atoms with Crippen LogP contribution >= 0.6 is 0 Å². The molecule has 3 heteroatoms. The van der Waals surface area contributed by atoms with Crippen LogP contribution in [-0.2, 0) is 12.8 Å². The molecule has 0 radical (unpaired) electrons. The smallest absolute Gasteiger partial charge is 0.340 e. The molecule has 3 aromatic carbocycles. The Morgan fingerprint density at radius 1 is 1.08 bits per heavy atom. The number of fused-ring (bicyclic) bond motifs is 2. The molecular weight excluding hydrogens is 312 g/mol. The number of carboxylic acids is 1. The van der Waals surface area contributed by atoms with Crippen molar-refractivity contribution >= 4 is 16.7 Å². The van der Waals surface area contributed by atoms with Crippen molar-refractivity contribution in [3.05, 3.63) is 76.9 Å². The predicted molar refractivity (Wildman–Crippen MR) is 98.7 cm³/mol. The number of carboxylic acid groups (broad SMARTS) is 1. The van der Waals surface area contributed by atoms with Gasteiger partial charge in [0.25, 0.3) is 0 Å². The summed E-state index contributed by atoms with van der Waals surface area (Å²) in [5, 5.41) is 11.5. The molecule has 0 aromatic heterocycles. The second-order valence-electron chi connectivity index (χ2n) is 6.50. The van der Waals surface area contributed by atoms with Crippen LogP contribution in [0.2, 0.25) is 0 Å². The van der Waals surface area contributed by atoms with Crippen LogP contribution in [-0.4, -0.2) is 17.7 Å². The van der Waals surface area contributed by atoms with Crippen LogP contribution in [0.4, 0.5) is 0 Å². The third kappa shape index (κ3) is 2.66. The lowest BCUT2D eigenvalue weighted by atomic mass is 9.90. The van der Waals surface area contributed by atoms with Crippen molar-refractivity contribution < 1.29 is 14.6 Å². The minimum Gasteiger partial charge on any atom is -0.493 e. The van der Waals surface area contributed by atoms with E-state index in [9.17, 15) is 9.90 Å². The summed E-state index contributed by atoms with van der Waals surface area (Å²) < 4.78 is 5.87. The Bertz CT molecular complexity index is 934. The Morgan fingerprint density at radius 3 is 2.36 bits per heavy atom. The highest BCUT2D eigenvalue weighted by molar-refractivity contribution is 6.07. The quantitative estimate of drug-likeness (QED) is 0.745. The molecule has 126 valence electrons. The molecule has 0 spiro atoms. The zero-order valence-corrected chi connectivity index (χ0v) is 14.2. The van der Waals surface area contributed by atoms with Crippen LogP contribution in [0, 0.1) is 0 Å². The van der Waals surface area contributed by atoms with E-state index in [0.717, 1.165) is 29.2 Å². The molecule has 0 saturated heterocycles. The number of rotatable bonds is 4. The van der Waals surface area contributed by atoms with Crippen molar-refractivity contribution in [1.29, 1.82) is 0 Å². The maximum Gasteiger partial charge on any atom is 0.340 e. The van der Waals surface area contributed by atoms with Gasteiger partial charge in [-0.1, -0.05) is 48.5 Å². The molecule has 0 amide bonds. The zero-order chi connectivity index (χ0) is 17.4. The van der Waals surface area contributed by atoms with Crippen LogP contribution in [0.25, 0.3) is 10.8 Å². The number of carbonyl (C=O) groups is 1. The Morgan fingerprint density at radius 2 is 1.72 bits per heavy atom. The van der Waals surface area contributed by atoms with E-state index in [1.165, 1.54) is 11.1 Å². The van der Waals surface area contributed by atoms with Crippen LogP contribution in [0.3, 0.4) is 0 Å². The Labute approximate surface area is 146 Å². The maximum absolute atomic E-state index is 12.0. The summed E-state index contributed by atoms with van der Waals surface area (Å²) in [6, 6.07) is 18.2. The Hall–Kier alpha value is -2.81. The number of hydrogen-bond acceptors (Lipinski definition) is 2. The van der Waals surface area contributed by atoms with E-state index in [1.54, 1.807) is 0 Å².